The van der Waals surface area contributed by atoms with Crippen molar-refractivity contribution in [2.45, 2.75) is 32.0 Å². The number of hydrogen-bond donors (Lipinski definition) is 2. The lowest BCUT2D eigenvalue weighted by molar-refractivity contribution is -0.140. The van der Waals surface area contributed by atoms with E-state index in [2.05, 4.69) is 0 Å². The van der Waals surface area contributed by atoms with E-state index >= 15 is 0 Å². The van der Waals surface area contributed by atoms with Crippen molar-refractivity contribution in [3.63, 3.8) is 0 Å². The second-order valence-corrected chi connectivity index (χ2v) is 5.42. The fourth-order valence-corrected chi connectivity index (χ4v) is 3.94. The predicted molar refractivity (Wildman–Crippen MR) is 57.6 cm³/mol. The highest BCUT2D eigenvalue weighted by molar-refractivity contribution is 6.06. The zero-order chi connectivity index (χ0) is 12.3. The zero-order valence-electron chi connectivity index (χ0n) is 9.74. The molecule has 2 bridgehead atoms. The number of fused-ring (bicyclic) bond motifs is 5. The van der Waals surface area contributed by atoms with Crippen LogP contribution in [0.3, 0.4) is 0 Å². The molecule has 0 unspecified atom stereocenters. The first-order valence-electron chi connectivity index (χ1n) is 6.29. The van der Waals surface area contributed by atoms with Crippen LogP contribution in [0.15, 0.2) is 0 Å². The Bertz CT molecular complexity index is 351. The van der Waals surface area contributed by atoms with Crippen molar-refractivity contribution in [1.82, 2.24) is 4.90 Å². The number of likely N-dealkylation sites (tertiary alicyclic amines) is 1. The molecule has 5 nitrogen and oxygen atoms in total. The Morgan fingerprint density at radius 1 is 1.12 bits per heavy atom. The van der Waals surface area contributed by atoms with Crippen LogP contribution < -0.4 is 0 Å². The van der Waals surface area contributed by atoms with Gasteiger partial charge in [0, 0.05) is 18.4 Å². The van der Waals surface area contributed by atoms with Gasteiger partial charge in [-0.15, -0.1) is 0 Å². The molecule has 0 aromatic rings. The van der Waals surface area contributed by atoms with Gasteiger partial charge < -0.3 is 10.2 Å². The number of amides is 2. The molecule has 5 heteroatoms. The molecule has 6 atom stereocenters. The topological polar surface area (TPSA) is 77.8 Å². The maximum absolute atomic E-state index is 12.1. The SMILES string of the molecule is CCCN1C(=O)[C@@H]2[C@H]3C[C@@H]([C@H](O)[C@H]3O)[C@H]2C1=O. The van der Waals surface area contributed by atoms with Crippen LogP contribution >= 0.6 is 0 Å². The van der Waals surface area contributed by atoms with E-state index in [4.69, 9.17) is 0 Å². The number of carbonyl (C=O) groups excluding carboxylic acids is 2. The Morgan fingerprint density at radius 2 is 1.59 bits per heavy atom. The second-order valence-electron chi connectivity index (χ2n) is 5.42. The summed E-state index contributed by atoms with van der Waals surface area (Å²) < 4.78 is 0. The molecule has 3 aliphatic rings. The largest absolute Gasteiger partial charge is 0.390 e. The molecule has 94 valence electrons. The highest BCUT2D eigenvalue weighted by Crippen LogP contribution is 2.56. The van der Waals surface area contributed by atoms with Crippen molar-refractivity contribution < 1.29 is 19.8 Å². The maximum Gasteiger partial charge on any atom is 0.233 e. The minimum Gasteiger partial charge on any atom is -0.390 e. The molecule has 1 saturated heterocycles. The number of carbonyl (C=O) groups is 2. The third-order valence-electron chi connectivity index (χ3n) is 4.63. The molecule has 0 spiro atoms. The first-order chi connectivity index (χ1) is 8.07. The lowest BCUT2D eigenvalue weighted by Gasteiger charge is -2.29. The molecule has 0 radical (unpaired) electrons. The van der Waals surface area contributed by atoms with Crippen molar-refractivity contribution in [3.8, 4) is 0 Å². The first-order valence-corrected chi connectivity index (χ1v) is 6.29. The van der Waals surface area contributed by atoms with Crippen LogP contribution in [0.5, 0.6) is 0 Å². The summed E-state index contributed by atoms with van der Waals surface area (Å²) >= 11 is 0. The lowest BCUT2D eigenvalue weighted by atomic mass is 9.78. The predicted octanol–water partition coefficient (Wildman–Crippen LogP) is -0.631. The third kappa shape index (κ3) is 1.21. The molecule has 1 aliphatic heterocycles. The van der Waals surface area contributed by atoms with E-state index < -0.39 is 12.2 Å². The molecular weight excluding hydrogens is 222 g/mol. The van der Waals surface area contributed by atoms with E-state index in [-0.39, 0.29) is 35.5 Å². The van der Waals surface area contributed by atoms with E-state index in [0.29, 0.717) is 13.0 Å². The van der Waals surface area contributed by atoms with Crippen molar-refractivity contribution >= 4 is 11.8 Å². The normalized spacial score (nSPS) is 48.1. The summed E-state index contributed by atoms with van der Waals surface area (Å²) in [5.74, 6) is -1.48. The van der Waals surface area contributed by atoms with E-state index in [9.17, 15) is 19.8 Å². The Hall–Kier alpha value is -0.940. The summed E-state index contributed by atoms with van der Waals surface area (Å²) in [6.45, 7) is 2.38. The Morgan fingerprint density at radius 3 is 2.00 bits per heavy atom. The number of aliphatic hydroxyl groups excluding tert-OH is 2. The smallest absolute Gasteiger partial charge is 0.233 e. The monoisotopic (exact) mass is 239 g/mol. The van der Waals surface area contributed by atoms with E-state index in [1.54, 1.807) is 0 Å². The van der Waals surface area contributed by atoms with Crippen LogP contribution in [0, 0.1) is 23.7 Å². The molecule has 3 fully saturated rings. The lowest BCUT2D eigenvalue weighted by Crippen LogP contribution is -2.43. The van der Waals surface area contributed by atoms with E-state index in [0.717, 1.165) is 6.42 Å². The average Bonchev–Trinajstić information content (AvgIpc) is 2.89. The molecule has 2 N–H and O–H groups in total. The van der Waals surface area contributed by atoms with Gasteiger partial charge in [-0.3, -0.25) is 14.5 Å². The number of hydrogen-bond acceptors (Lipinski definition) is 4. The molecule has 0 aromatic heterocycles. The van der Waals surface area contributed by atoms with Gasteiger partial charge in [-0.25, -0.2) is 0 Å². The van der Waals surface area contributed by atoms with Crippen LogP contribution in [-0.2, 0) is 9.59 Å². The van der Waals surface area contributed by atoms with Crippen LogP contribution in [0.25, 0.3) is 0 Å². The van der Waals surface area contributed by atoms with Gasteiger partial charge in [-0.2, -0.15) is 0 Å². The second kappa shape index (κ2) is 3.53. The van der Waals surface area contributed by atoms with Gasteiger partial charge in [0.05, 0.1) is 24.0 Å². The van der Waals surface area contributed by atoms with Crippen LogP contribution in [0.1, 0.15) is 19.8 Å². The van der Waals surface area contributed by atoms with Gasteiger partial charge in [0.2, 0.25) is 11.8 Å². The fraction of sp³-hybridized carbons (Fsp3) is 0.833. The minimum absolute atomic E-state index is 0.139. The maximum atomic E-state index is 12.1. The molecule has 1 heterocycles. The summed E-state index contributed by atoms with van der Waals surface area (Å²) in [6.07, 6.45) is -0.314. The molecule has 2 saturated carbocycles. The van der Waals surface area contributed by atoms with E-state index in [1.807, 2.05) is 6.92 Å². The zero-order valence-corrected chi connectivity index (χ0v) is 9.74. The summed E-state index contributed by atoms with van der Waals surface area (Å²) in [5, 5.41) is 19.6. The minimum atomic E-state index is -0.834. The Kier molecular flexibility index (Phi) is 2.32. The number of rotatable bonds is 2. The summed E-state index contributed by atoms with van der Waals surface area (Å²) in [7, 11) is 0. The van der Waals surface area contributed by atoms with Gasteiger partial charge in [-0.1, -0.05) is 6.92 Å². The fourth-order valence-electron chi connectivity index (χ4n) is 3.94. The Balaban J connectivity index is 1.92. The molecule has 3 rings (SSSR count). The number of aliphatic hydroxyl groups is 2. The van der Waals surface area contributed by atoms with Gasteiger partial charge in [0.15, 0.2) is 0 Å². The number of nitrogens with zero attached hydrogens (tertiary/aromatic N) is 1. The van der Waals surface area contributed by atoms with Crippen molar-refractivity contribution in [2.24, 2.45) is 23.7 Å². The van der Waals surface area contributed by atoms with Gasteiger partial charge in [-0.05, 0) is 12.8 Å². The summed E-state index contributed by atoms with van der Waals surface area (Å²) in [4.78, 5) is 25.6. The molecular formula is C12H17NO4. The van der Waals surface area contributed by atoms with E-state index in [1.165, 1.54) is 4.90 Å². The van der Waals surface area contributed by atoms with Gasteiger partial charge in [0.25, 0.3) is 0 Å². The third-order valence-corrected chi connectivity index (χ3v) is 4.63. The van der Waals surface area contributed by atoms with Crippen molar-refractivity contribution in [2.75, 3.05) is 6.54 Å². The van der Waals surface area contributed by atoms with Crippen LogP contribution in [0.4, 0.5) is 0 Å². The molecule has 0 aromatic carbocycles. The molecule has 2 aliphatic carbocycles. The van der Waals surface area contributed by atoms with Gasteiger partial charge in [0.1, 0.15) is 0 Å². The van der Waals surface area contributed by atoms with Gasteiger partial charge >= 0.3 is 0 Å². The highest BCUT2D eigenvalue weighted by Gasteiger charge is 2.66. The summed E-state index contributed by atoms with van der Waals surface area (Å²) in [5.41, 5.74) is 0. The molecule has 17 heavy (non-hydrogen) atoms. The Labute approximate surface area is 99.4 Å². The highest BCUT2D eigenvalue weighted by atomic mass is 16.3. The first kappa shape index (κ1) is 11.2. The summed E-state index contributed by atoms with van der Waals surface area (Å²) in [6, 6.07) is 0. The standard InChI is InChI=1S/C12H17NO4/c1-2-3-13-11(16)7-5-4-6(8(7)12(13)17)10(15)9(5)14/h5-10,14-15H,2-4H2,1H3/t5-,6-,7-,8-,9+,10+/m1/s1. The number of imide groups is 1. The quantitative estimate of drug-likeness (QED) is 0.629. The van der Waals surface area contributed by atoms with Crippen LogP contribution in [-0.4, -0.2) is 45.7 Å². The molecule has 2 amide bonds. The van der Waals surface area contributed by atoms with Crippen molar-refractivity contribution in [1.29, 1.82) is 0 Å². The van der Waals surface area contributed by atoms with Crippen molar-refractivity contribution in [3.05, 3.63) is 0 Å². The average molecular weight is 239 g/mol. The van der Waals surface area contributed by atoms with Crippen LogP contribution in [0.2, 0.25) is 0 Å².